The van der Waals surface area contributed by atoms with Gasteiger partial charge >= 0.3 is 12.0 Å². The van der Waals surface area contributed by atoms with E-state index in [9.17, 15) is 19.5 Å². The first kappa shape index (κ1) is 15.0. The number of hydrogen-bond acceptors (Lipinski definition) is 4. The number of carbonyl (C=O) groups is 3. The van der Waals surface area contributed by atoms with Crippen molar-refractivity contribution in [2.24, 2.45) is 0 Å². The summed E-state index contributed by atoms with van der Waals surface area (Å²) >= 11 is 1.44. The van der Waals surface area contributed by atoms with Crippen LogP contribution in [0.15, 0.2) is 0 Å². The molecule has 2 aliphatic rings. The van der Waals surface area contributed by atoms with Crippen molar-refractivity contribution in [3.63, 3.8) is 0 Å². The highest BCUT2D eigenvalue weighted by Crippen LogP contribution is 2.30. The van der Waals surface area contributed by atoms with Crippen molar-refractivity contribution >= 4 is 29.7 Å². The first-order valence-electron chi connectivity index (χ1n) is 6.68. The monoisotopic (exact) mass is 301 g/mol. The predicted octanol–water partition coefficient (Wildman–Crippen LogP) is 0.165. The highest BCUT2D eigenvalue weighted by molar-refractivity contribution is 8.00. The topological polar surface area (TPSA) is 90.0 Å². The SMILES string of the molecule is CCC1C(=O)NCCN1C(=O)N1C(C)SCC1C(=O)O. The number of urea groups is 1. The fraction of sp³-hybridized carbons (Fsp3) is 0.750. The van der Waals surface area contributed by atoms with E-state index in [4.69, 9.17) is 0 Å². The third-order valence-corrected chi connectivity index (χ3v) is 4.91. The summed E-state index contributed by atoms with van der Waals surface area (Å²) in [6, 6.07) is -1.68. The zero-order chi connectivity index (χ0) is 14.9. The van der Waals surface area contributed by atoms with Crippen molar-refractivity contribution in [1.29, 1.82) is 0 Å². The zero-order valence-corrected chi connectivity index (χ0v) is 12.4. The van der Waals surface area contributed by atoms with Crippen LogP contribution in [0.4, 0.5) is 4.79 Å². The van der Waals surface area contributed by atoms with Crippen molar-refractivity contribution in [3.8, 4) is 0 Å². The number of rotatable bonds is 2. The molecule has 3 unspecified atom stereocenters. The van der Waals surface area contributed by atoms with Gasteiger partial charge in [0.25, 0.3) is 0 Å². The van der Waals surface area contributed by atoms with Gasteiger partial charge in [0.15, 0.2) is 0 Å². The van der Waals surface area contributed by atoms with E-state index in [1.807, 2.05) is 13.8 Å². The van der Waals surface area contributed by atoms with Crippen molar-refractivity contribution in [3.05, 3.63) is 0 Å². The summed E-state index contributed by atoms with van der Waals surface area (Å²) in [6.45, 7) is 4.49. The lowest BCUT2D eigenvalue weighted by molar-refractivity contribution is -0.141. The van der Waals surface area contributed by atoms with E-state index in [1.54, 1.807) is 0 Å². The first-order valence-corrected chi connectivity index (χ1v) is 7.73. The fourth-order valence-corrected chi connectivity index (χ4v) is 3.78. The number of nitrogens with one attached hydrogen (secondary N) is 1. The van der Waals surface area contributed by atoms with Crippen LogP contribution in [0.2, 0.25) is 0 Å². The van der Waals surface area contributed by atoms with Crippen LogP contribution in [-0.4, -0.2) is 69.1 Å². The lowest BCUT2D eigenvalue weighted by atomic mass is 10.1. The predicted molar refractivity (Wildman–Crippen MR) is 74.4 cm³/mol. The Bertz CT molecular complexity index is 431. The molecule has 0 aromatic heterocycles. The minimum atomic E-state index is -0.996. The summed E-state index contributed by atoms with van der Waals surface area (Å²) in [5, 5.41) is 11.8. The van der Waals surface area contributed by atoms with E-state index < -0.39 is 18.1 Å². The van der Waals surface area contributed by atoms with E-state index >= 15 is 0 Å². The van der Waals surface area contributed by atoms with Gasteiger partial charge in [-0.05, 0) is 13.3 Å². The molecule has 0 radical (unpaired) electrons. The number of hydrogen-bond donors (Lipinski definition) is 2. The summed E-state index contributed by atoms with van der Waals surface area (Å²) in [4.78, 5) is 38.6. The van der Waals surface area contributed by atoms with Gasteiger partial charge < -0.3 is 15.3 Å². The van der Waals surface area contributed by atoms with E-state index in [2.05, 4.69) is 5.32 Å². The third-order valence-electron chi connectivity index (χ3n) is 3.69. The van der Waals surface area contributed by atoms with Crippen molar-refractivity contribution in [1.82, 2.24) is 15.1 Å². The lowest BCUT2D eigenvalue weighted by Crippen LogP contribution is -2.61. The second-order valence-corrected chi connectivity index (χ2v) is 6.23. The number of carbonyl (C=O) groups excluding carboxylic acids is 2. The number of carboxylic acid groups (broad SMARTS) is 1. The Kier molecular flexibility index (Phi) is 4.42. The Morgan fingerprint density at radius 2 is 2.20 bits per heavy atom. The number of piperazine rings is 1. The quantitative estimate of drug-likeness (QED) is 0.758. The summed E-state index contributed by atoms with van der Waals surface area (Å²) in [6.07, 6.45) is 0.519. The molecule has 112 valence electrons. The molecule has 0 bridgehead atoms. The maximum absolute atomic E-state index is 12.6. The van der Waals surface area contributed by atoms with Gasteiger partial charge in [-0.3, -0.25) is 9.69 Å². The van der Waals surface area contributed by atoms with Gasteiger partial charge in [0.05, 0.1) is 5.37 Å². The summed E-state index contributed by atoms with van der Waals surface area (Å²) in [7, 11) is 0. The highest BCUT2D eigenvalue weighted by atomic mass is 32.2. The van der Waals surface area contributed by atoms with Gasteiger partial charge in [0.2, 0.25) is 5.91 Å². The molecule has 2 fully saturated rings. The molecule has 2 rings (SSSR count). The van der Waals surface area contributed by atoms with Crippen LogP contribution < -0.4 is 5.32 Å². The minimum absolute atomic E-state index is 0.168. The second kappa shape index (κ2) is 5.90. The number of nitrogens with zero attached hydrogens (tertiary/aromatic N) is 2. The van der Waals surface area contributed by atoms with Crippen LogP contribution in [0.5, 0.6) is 0 Å². The summed E-state index contributed by atoms with van der Waals surface area (Å²) < 4.78 is 0. The van der Waals surface area contributed by atoms with Crippen LogP contribution in [0.3, 0.4) is 0 Å². The summed E-state index contributed by atoms with van der Waals surface area (Å²) in [5.74, 6) is -0.776. The van der Waals surface area contributed by atoms with Gasteiger partial charge in [0, 0.05) is 18.8 Å². The molecule has 3 atom stereocenters. The van der Waals surface area contributed by atoms with Crippen molar-refractivity contribution in [2.75, 3.05) is 18.8 Å². The number of thioether (sulfide) groups is 1. The number of amides is 3. The molecule has 0 spiro atoms. The molecular weight excluding hydrogens is 282 g/mol. The maximum Gasteiger partial charge on any atom is 0.327 e. The molecule has 0 aliphatic carbocycles. The van der Waals surface area contributed by atoms with Crippen molar-refractivity contribution < 1.29 is 19.5 Å². The normalized spacial score (nSPS) is 30.3. The third kappa shape index (κ3) is 2.56. The standard InChI is InChI=1S/C12H19N3O4S/c1-3-8-10(16)13-4-5-14(8)12(19)15-7(2)20-6-9(15)11(17)18/h7-9H,3-6H2,1-2H3,(H,13,16)(H,17,18). The first-order chi connectivity index (χ1) is 9.47. The van der Waals surface area contributed by atoms with Crippen LogP contribution in [0.1, 0.15) is 20.3 Å². The summed E-state index contributed by atoms with van der Waals surface area (Å²) in [5.41, 5.74) is 0. The van der Waals surface area contributed by atoms with Gasteiger partial charge in [-0.2, -0.15) is 0 Å². The van der Waals surface area contributed by atoms with Gasteiger partial charge in [-0.1, -0.05) is 6.92 Å². The molecule has 0 saturated carbocycles. The molecule has 0 aromatic carbocycles. The molecule has 0 aromatic rings. The maximum atomic E-state index is 12.6. The van der Waals surface area contributed by atoms with Gasteiger partial charge in [-0.15, -0.1) is 11.8 Å². The average molecular weight is 301 g/mol. The fourth-order valence-electron chi connectivity index (χ4n) is 2.62. The molecular formula is C12H19N3O4S. The van der Waals surface area contributed by atoms with Crippen LogP contribution >= 0.6 is 11.8 Å². The average Bonchev–Trinajstić information content (AvgIpc) is 2.79. The molecule has 2 aliphatic heterocycles. The van der Waals surface area contributed by atoms with Crippen LogP contribution in [0, 0.1) is 0 Å². The Labute approximate surface area is 121 Å². The van der Waals surface area contributed by atoms with Gasteiger partial charge in [0.1, 0.15) is 12.1 Å². The number of aliphatic carboxylic acids is 1. The van der Waals surface area contributed by atoms with E-state index in [0.717, 1.165) is 0 Å². The molecule has 7 nitrogen and oxygen atoms in total. The van der Waals surface area contributed by atoms with E-state index in [1.165, 1.54) is 21.6 Å². The smallest absolute Gasteiger partial charge is 0.327 e. The molecule has 2 saturated heterocycles. The largest absolute Gasteiger partial charge is 0.480 e. The van der Waals surface area contributed by atoms with Crippen LogP contribution in [0.25, 0.3) is 0 Å². The highest BCUT2D eigenvalue weighted by Gasteiger charge is 2.44. The number of carboxylic acids is 1. The molecule has 3 amide bonds. The molecule has 20 heavy (non-hydrogen) atoms. The van der Waals surface area contributed by atoms with Crippen LogP contribution in [-0.2, 0) is 9.59 Å². The Morgan fingerprint density at radius 3 is 2.80 bits per heavy atom. The van der Waals surface area contributed by atoms with E-state index in [0.29, 0.717) is 25.3 Å². The minimum Gasteiger partial charge on any atom is -0.480 e. The Morgan fingerprint density at radius 1 is 1.50 bits per heavy atom. The molecule has 2 N–H and O–H groups in total. The Hall–Kier alpha value is -1.44. The lowest BCUT2D eigenvalue weighted by Gasteiger charge is -2.38. The van der Waals surface area contributed by atoms with E-state index in [-0.39, 0.29) is 17.3 Å². The molecule has 2 heterocycles. The second-order valence-electron chi connectivity index (χ2n) is 4.88. The van der Waals surface area contributed by atoms with Crippen molar-refractivity contribution in [2.45, 2.75) is 37.7 Å². The van der Waals surface area contributed by atoms with Gasteiger partial charge in [-0.25, -0.2) is 9.59 Å². The zero-order valence-electron chi connectivity index (χ0n) is 11.5. The molecule has 8 heteroatoms. The Balaban J connectivity index is 2.20.